The molecule has 92 valence electrons. The molecule has 6 heteroatoms. The summed E-state index contributed by atoms with van der Waals surface area (Å²) < 4.78 is 19.1. The van der Waals surface area contributed by atoms with E-state index in [-0.39, 0.29) is 22.3 Å². The van der Waals surface area contributed by atoms with Crippen molar-refractivity contribution in [3.63, 3.8) is 0 Å². The van der Waals surface area contributed by atoms with Gasteiger partial charge < -0.3 is 10.5 Å². The Bertz CT molecular complexity index is 604. The van der Waals surface area contributed by atoms with E-state index in [9.17, 15) is 4.39 Å². The van der Waals surface area contributed by atoms with Crippen LogP contribution in [0.15, 0.2) is 30.6 Å². The molecule has 2 N–H and O–H groups in total. The Morgan fingerprint density at radius 1 is 1.33 bits per heavy atom. The number of halogens is 1. The minimum absolute atomic E-state index is 0.0474. The molecule has 0 bridgehead atoms. The number of aromatic nitrogens is 2. The van der Waals surface area contributed by atoms with E-state index in [1.807, 2.05) is 0 Å². The molecule has 1 heterocycles. The summed E-state index contributed by atoms with van der Waals surface area (Å²) in [6.07, 6.45) is 2.86. The van der Waals surface area contributed by atoms with Crippen molar-refractivity contribution in [2.24, 2.45) is 5.73 Å². The second kappa shape index (κ2) is 5.05. The molecule has 0 spiro atoms. The number of thiocarbonyl (C=S) groups is 1. The molecular formula is C12H10FN3OS. The summed E-state index contributed by atoms with van der Waals surface area (Å²) in [7, 11) is 0. The summed E-state index contributed by atoms with van der Waals surface area (Å²) in [5, 5.41) is 0. The van der Waals surface area contributed by atoms with Crippen LogP contribution in [-0.2, 0) is 0 Å². The molecule has 0 fully saturated rings. The highest BCUT2D eigenvalue weighted by Crippen LogP contribution is 2.26. The molecule has 0 aliphatic heterocycles. The zero-order chi connectivity index (χ0) is 13.1. The minimum atomic E-state index is -0.447. The normalized spacial score (nSPS) is 10.1. The molecule has 0 saturated carbocycles. The fraction of sp³-hybridized carbons (Fsp3) is 0.0833. The first-order valence-electron chi connectivity index (χ1n) is 5.13. The van der Waals surface area contributed by atoms with Gasteiger partial charge in [0.2, 0.25) is 5.88 Å². The fourth-order valence-corrected chi connectivity index (χ4v) is 1.51. The van der Waals surface area contributed by atoms with Crippen LogP contribution < -0.4 is 10.5 Å². The molecule has 4 nitrogen and oxygen atoms in total. The largest absolute Gasteiger partial charge is 0.434 e. The quantitative estimate of drug-likeness (QED) is 0.861. The van der Waals surface area contributed by atoms with Gasteiger partial charge in [0.25, 0.3) is 0 Å². The Kier molecular flexibility index (Phi) is 3.47. The zero-order valence-corrected chi connectivity index (χ0v) is 10.4. The Labute approximate surface area is 109 Å². The van der Waals surface area contributed by atoms with Crippen molar-refractivity contribution in [3.8, 4) is 11.6 Å². The lowest BCUT2D eigenvalue weighted by atomic mass is 10.2. The summed E-state index contributed by atoms with van der Waals surface area (Å²) >= 11 is 4.83. The highest BCUT2D eigenvalue weighted by atomic mass is 32.1. The van der Waals surface area contributed by atoms with Crippen molar-refractivity contribution in [1.82, 2.24) is 9.97 Å². The van der Waals surface area contributed by atoms with E-state index < -0.39 is 5.82 Å². The van der Waals surface area contributed by atoms with Gasteiger partial charge in [-0.3, -0.25) is 0 Å². The van der Waals surface area contributed by atoms with Gasteiger partial charge >= 0.3 is 0 Å². The van der Waals surface area contributed by atoms with Crippen LogP contribution in [0.1, 0.15) is 11.3 Å². The van der Waals surface area contributed by atoms with E-state index in [0.717, 1.165) is 0 Å². The predicted octanol–water partition coefficient (Wildman–Crippen LogP) is 2.35. The van der Waals surface area contributed by atoms with Gasteiger partial charge in [0.05, 0.1) is 0 Å². The zero-order valence-electron chi connectivity index (χ0n) is 9.55. The Balaban J connectivity index is 2.40. The van der Waals surface area contributed by atoms with Crippen LogP contribution >= 0.6 is 12.2 Å². The maximum Gasteiger partial charge on any atom is 0.248 e. The Morgan fingerprint density at radius 2 is 2.06 bits per heavy atom. The topological polar surface area (TPSA) is 61.0 Å². The Hall–Kier alpha value is -2.08. The van der Waals surface area contributed by atoms with E-state index >= 15 is 0 Å². The van der Waals surface area contributed by atoms with Gasteiger partial charge in [-0.25, -0.2) is 14.4 Å². The van der Waals surface area contributed by atoms with Crippen LogP contribution in [0.3, 0.4) is 0 Å². The maximum absolute atomic E-state index is 13.8. The highest BCUT2D eigenvalue weighted by Gasteiger charge is 2.13. The van der Waals surface area contributed by atoms with E-state index in [4.69, 9.17) is 22.7 Å². The molecule has 0 amide bonds. The number of rotatable bonds is 3. The van der Waals surface area contributed by atoms with Crippen LogP contribution in [0.2, 0.25) is 0 Å². The van der Waals surface area contributed by atoms with Crippen molar-refractivity contribution in [3.05, 3.63) is 47.7 Å². The standard InChI is InChI=1S/C12H10FN3OS/c1-7-3-2-4-8(9(7)13)17-12-10(11(14)18)15-5-6-16-12/h2-6H,1H3,(H2,14,18). The summed E-state index contributed by atoms with van der Waals surface area (Å²) in [5.74, 6) is -0.292. The summed E-state index contributed by atoms with van der Waals surface area (Å²) in [4.78, 5) is 7.94. The molecule has 0 atom stereocenters. The van der Waals surface area contributed by atoms with E-state index in [2.05, 4.69) is 9.97 Å². The molecule has 1 aromatic heterocycles. The van der Waals surface area contributed by atoms with Crippen LogP contribution in [-0.4, -0.2) is 15.0 Å². The summed E-state index contributed by atoms with van der Waals surface area (Å²) in [5.41, 5.74) is 6.20. The van der Waals surface area contributed by atoms with Gasteiger partial charge in [-0.15, -0.1) is 0 Å². The van der Waals surface area contributed by atoms with Crippen LogP contribution in [0, 0.1) is 12.7 Å². The average Bonchev–Trinajstić information content (AvgIpc) is 2.35. The molecule has 0 unspecified atom stereocenters. The van der Waals surface area contributed by atoms with Crippen LogP contribution in [0.4, 0.5) is 4.39 Å². The molecule has 1 aromatic carbocycles. The van der Waals surface area contributed by atoms with Crippen LogP contribution in [0.25, 0.3) is 0 Å². The number of ether oxygens (including phenoxy) is 1. The number of benzene rings is 1. The van der Waals surface area contributed by atoms with E-state index in [1.54, 1.807) is 19.1 Å². The third-order valence-electron chi connectivity index (χ3n) is 2.26. The first-order valence-corrected chi connectivity index (χ1v) is 5.54. The molecule has 2 rings (SSSR count). The number of nitrogens with zero attached hydrogens (tertiary/aromatic N) is 2. The Morgan fingerprint density at radius 3 is 2.78 bits per heavy atom. The van der Waals surface area contributed by atoms with E-state index in [1.165, 1.54) is 18.5 Å². The number of nitrogens with two attached hydrogens (primary N) is 1. The van der Waals surface area contributed by atoms with Crippen molar-refractivity contribution >= 4 is 17.2 Å². The first kappa shape index (κ1) is 12.4. The van der Waals surface area contributed by atoms with Gasteiger partial charge in [-0.1, -0.05) is 24.4 Å². The number of aryl methyl sites for hydroxylation is 1. The van der Waals surface area contributed by atoms with Crippen molar-refractivity contribution in [2.75, 3.05) is 0 Å². The van der Waals surface area contributed by atoms with Gasteiger partial charge in [0.15, 0.2) is 17.3 Å². The minimum Gasteiger partial charge on any atom is -0.434 e. The number of hydrogen-bond donors (Lipinski definition) is 1. The highest BCUT2D eigenvalue weighted by molar-refractivity contribution is 7.80. The van der Waals surface area contributed by atoms with Crippen molar-refractivity contribution in [2.45, 2.75) is 6.92 Å². The SMILES string of the molecule is Cc1cccc(Oc2nccnc2C(N)=S)c1F. The predicted molar refractivity (Wildman–Crippen MR) is 69.1 cm³/mol. The summed E-state index contributed by atoms with van der Waals surface area (Å²) in [6.45, 7) is 1.65. The third kappa shape index (κ3) is 2.43. The second-order valence-corrected chi connectivity index (χ2v) is 4.00. The lowest BCUT2D eigenvalue weighted by Gasteiger charge is -2.09. The smallest absolute Gasteiger partial charge is 0.248 e. The lowest BCUT2D eigenvalue weighted by molar-refractivity contribution is 0.422. The molecular weight excluding hydrogens is 253 g/mol. The molecule has 0 radical (unpaired) electrons. The third-order valence-corrected chi connectivity index (χ3v) is 2.45. The van der Waals surface area contributed by atoms with Crippen molar-refractivity contribution < 1.29 is 9.13 Å². The lowest BCUT2D eigenvalue weighted by Crippen LogP contribution is -2.13. The van der Waals surface area contributed by atoms with Gasteiger partial charge in [0.1, 0.15) is 4.99 Å². The monoisotopic (exact) mass is 263 g/mol. The maximum atomic E-state index is 13.8. The molecule has 0 saturated heterocycles. The summed E-state index contributed by atoms with van der Waals surface area (Å²) in [6, 6.07) is 4.83. The van der Waals surface area contributed by atoms with E-state index in [0.29, 0.717) is 5.56 Å². The second-order valence-electron chi connectivity index (χ2n) is 3.56. The van der Waals surface area contributed by atoms with Gasteiger partial charge in [0, 0.05) is 12.4 Å². The van der Waals surface area contributed by atoms with Gasteiger partial charge in [-0.05, 0) is 18.6 Å². The first-order chi connectivity index (χ1) is 8.59. The van der Waals surface area contributed by atoms with Gasteiger partial charge in [-0.2, -0.15) is 0 Å². The van der Waals surface area contributed by atoms with Crippen molar-refractivity contribution in [1.29, 1.82) is 0 Å². The average molecular weight is 263 g/mol. The molecule has 0 aliphatic rings. The number of hydrogen-bond acceptors (Lipinski definition) is 4. The van der Waals surface area contributed by atoms with Crippen LogP contribution in [0.5, 0.6) is 11.6 Å². The molecule has 18 heavy (non-hydrogen) atoms. The fourth-order valence-electron chi connectivity index (χ4n) is 1.37. The molecule has 2 aromatic rings. The molecule has 0 aliphatic carbocycles.